The lowest BCUT2D eigenvalue weighted by Crippen LogP contribution is -2.56. The normalized spacial score (nSPS) is 39.4. The van der Waals surface area contributed by atoms with E-state index in [4.69, 9.17) is 10.5 Å². The standard InChI is InChI=1S/C18H34N2O/c1-15-6-5-8-17(12-15,14-19)20(2)13-16-7-11-18(21-16)9-3-4-10-18/h15-16H,3-14,19H2,1-2H3. The highest BCUT2D eigenvalue weighted by atomic mass is 16.5. The van der Waals surface area contributed by atoms with Crippen LogP contribution >= 0.6 is 0 Å². The minimum atomic E-state index is 0.229. The minimum Gasteiger partial charge on any atom is -0.370 e. The van der Waals surface area contributed by atoms with Crippen molar-refractivity contribution < 1.29 is 4.74 Å². The Labute approximate surface area is 130 Å². The topological polar surface area (TPSA) is 38.5 Å². The molecule has 1 aliphatic heterocycles. The van der Waals surface area contributed by atoms with E-state index in [1.165, 1.54) is 64.2 Å². The highest BCUT2D eigenvalue weighted by Crippen LogP contribution is 2.44. The molecule has 0 aromatic rings. The second-order valence-electron chi connectivity index (χ2n) is 8.18. The molecule has 3 fully saturated rings. The van der Waals surface area contributed by atoms with Gasteiger partial charge in [-0.1, -0.05) is 32.6 Å². The molecule has 1 saturated heterocycles. The van der Waals surface area contributed by atoms with E-state index in [2.05, 4.69) is 18.9 Å². The Morgan fingerprint density at radius 2 is 1.86 bits per heavy atom. The van der Waals surface area contributed by atoms with Gasteiger partial charge >= 0.3 is 0 Å². The number of nitrogens with two attached hydrogens (primary N) is 1. The lowest BCUT2D eigenvalue weighted by molar-refractivity contribution is -0.0610. The SMILES string of the molecule is CC1CCCC(CN)(N(C)CC2CCC3(CCCC3)O2)C1. The first-order valence-electron chi connectivity index (χ1n) is 9.17. The number of likely N-dealkylation sites (N-methyl/N-ethyl adjacent to an activating group) is 1. The van der Waals surface area contributed by atoms with Crippen LogP contribution in [0.3, 0.4) is 0 Å². The Balaban J connectivity index is 1.59. The van der Waals surface area contributed by atoms with Gasteiger partial charge in [0.05, 0.1) is 11.7 Å². The van der Waals surface area contributed by atoms with Crippen molar-refractivity contribution >= 4 is 0 Å². The maximum absolute atomic E-state index is 6.51. The Hall–Kier alpha value is -0.120. The molecule has 0 radical (unpaired) electrons. The highest BCUT2D eigenvalue weighted by molar-refractivity contribution is 4.98. The van der Waals surface area contributed by atoms with E-state index < -0.39 is 0 Å². The molecule has 3 unspecified atom stereocenters. The monoisotopic (exact) mass is 294 g/mol. The van der Waals surface area contributed by atoms with E-state index in [0.29, 0.717) is 6.10 Å². The second-order valence-corrected chi connectivity index (χ2v) is 8.18. The number of ether oxygens (including phenoxy) is 1. The molecule has 0 amide bonds. The number of rotatable bonds is 4. The molecule has 2 aliphatic carbocycles. The van der Waals surface area contributed by atoms with Gasteiger partial charge < -0.3 is 10.5 Å². The first-order valence-corrected chi connectivity index (χ1v) is 9.17. The van der Waals surface area contributed by atoms with Gasteiger partial charge in [0.1, 0.15) is 0 Å². The molecular formula is C18H34N2O. The van der Waals surface area contributed by atoms with Crippen molar-refractivity contribution in [3.63, 3.8) is 0 Å². The number of hydrogen-bond acceptors (Lipinski definition) is 3. The molecule has 21 heavy (non-hydrogen) atoms. The maximum Gasteiger partial charge on any atom is 0.0710 e. The fourth-order valence-electron chi connectivity index (χ4n) is 5.23. The summed E-state index contributed by atoms with van der Waals surface area (Å²) in [7, 11) is 2.29. The molecule has 0 bridgehead atoms. The van der Waals surface area contributed by atoms with E-state index >= 15 is 0 Å². The predicted octanol–water partition coefficient (Wildman–Crippen LogP) is 3.32. The fraction of sp³-hybridized carbons (Fsp3) is 1.00. The van der Waals surface area contributed by atoms with E-state index in [0.717, 1.165) is 19.0 Å². The molecule has 3 atom stereocenters. The van der Waals surface area contributed by atoms with Crippen LogP contribution in [0.2, 0.25) is 0 Å². The van der Waals surface area contributed by atoms with Crippen LogP contribution in [0.5, 0.6) is 0 Å². The van der Waals surface area contributed by atoms with E-state index in [-0.39, 0.29) is 11.1 Å². The Morgan fingerprint density at radius 1 is 1.10 bits per heavy atom. The predicted molar refractivity (Wildman–Crippen MR) is 87.4 cm³/mol. The summed E-state index contributed by atoms with van der Waals surface area (Å²) in [5.74, 6) is 0.815. The van der Waals surface area contributed by atoms with Crippen molar-refractivity contribution in [3.8, 4) is 0 Å². The summed E-state index contributed by atoms with van der Waals surface area (Å²) in [5, 5.41) is 0. The van der Waals surface area contributed by atoms with Crippen LogP contribution in [-0.4, -0.2) is 42.3 Å². The van der Waals surface area contributed by atoms with Crippen LogP contribution in [-0.2, 0) is 4.74 Å². The third kappa shape index (κ3) is 3.16. The maximum atomic E-state index is 6.51. The molecule has 0 aromatic heterocycles. The van der Waals surface area contributed by atoms with Gasteiger partial charge in [-0.25, -0.2) is 0 Å². The molecule has 3 rings (SSSR count). The summed E-state index contributed by atoms with van der Waals surface area (Å²) in [6.07, 6.45) is 13.5. The molecular weight excluding hydrogens is 260 g/mol. The smallest absolute Gasteiger partial charge is 0.0710 e. The summed E-state index contributed by atoms with van der Waals surface area (Å²) in [4.78, 5) is 2.56. The van der Waals surface area contributed by atoms with Crippen LogP contribution in [0.4, 0.5) is 0 Å². The number of hydrogen-bond donors (Lipinski definition) is 1. The molecule has 1 heterocycles. The van der Waals surface area contributed by atoms with Gasteiger partial charge in [-0.2, -0.15) is 0 Å². The van der Waals surface area contributed by atoms with Crippen LogP contribution in [0, 0.1) is 5.92 Å². The first-order chi connectivity index (χ1) is 10.1. The van der Waals surface area contributed by atoms with E-state index in [1.54, 1.807) is 0 Å². The van der Waals surface area contributed by atoms with E-state index in [9.17, 15) is 0 Å². The largest absolute Gasteiger partial charge is 0.370 e. The quantitative estimate of drug-likeness (QED) is 0.864. The highest BCUT2D eigenvalue weighted by Gasteiger charge is 2.44. The minimum absolute atomic E-state index is 0.229. The lowest BCUT2D eigenvalue weighted by atomic mass is 9.75. The van der Waals surface area contributed by atoms with Crippen LogP contribution in [0.1, 0.15) is 71.1 Å². The molecule has 2 saturated carbocycles. The van der Waals surface area contributed by atoms with Crippen molar-refractivity contribution in [1.29, 1.82) is 0 Å². The zero-order valence-electron chi connectivity index (χ0n) is 14.1. The zero-order valence-corrected chi connectivity index (χ0v) is 14.1. The van der Waals surface area contributed by atoms with Crippen molar-refractivity contribution in [1.82, 2.24) is 4.90 Å². The van der Waals surface area contributed by atoms with Crippen LogP contribution < -0.4 is 5.73 Å². The summed E-state index contributed by atoms with van der Waals surface area (Å²) >= 11 is 0. The van der Waals surface area contributed by atoms with E-state index in [1.807, 2.05) is 0 Å². The third-order valence-corrected chi connectivity index (χ3v) is 6.59. The molecule has 3 aliphatic rings. The Kier molecular flexibility index (Phi) is 4.63. The molecule has 3 heteroatoms. The summed E-state index contributed by atoms with van der Waals surface area (Å²) in [6, 6.07) is 0. The van der Waals surface area contributed by atoms with Gasteiger partial charge in [-0.05, 0) is 51.5 Å². The second kappa shape index (κ2) is 6.17. The summed E-state index contributed by atoms with van der Waals surface area (Å²) in [5.41, 5.74) is 6.70. The van der Waals surface area contributed by atoms with Crippen molar-refractivity contribution in [3.05, 3.63) is 0 Å². The fourth-order valence-corrected chi connectivity index (χ4v) is 5.23. The lowest BCUT2D eigenvalue weighted by Gasteiger charge is -2.47. The first kappa shape index (κ1) is 15.8. The molecule has 3 nitrogen and oxygen atoms in total. The molecule has 2 N–H and O–H groups in total. The van der Waals surface area contributed by atoms with Crippen molar-refractivity contribution in [2.45, 2.75) is 88.4 Å². The van der Waals surface area contributed by atoms with Crippen LogP contribution in [0.15, 0.2) is 0 Å². The zero-order chi connectivity index (χ0) is 14.9. The third-order valence-electron chi connectivity index (χ3n) is 6.59. The van der Waals surface area contributed by atoms with Gasteiger partial charge in [-0.15, -0.1) is 0 Å². The van der Waals surface area contributed by atoms with Crippen molar-refractivity contribution in [2.24, 2.45) is 11.7 Å². The van der Waals surface area contributed by atoms with Gasteiger partial charge in [0.25, 0.3) is 0 Å². The Bertz CT molecular complexity index is 353. The molecule has 0 aromatic carbocycles. The average Bonchev–Trinajstić information content (AvgIpc) is 3.09. The van der Waals surface area contributed by atoms with Crippen molar-refractivity contribution in [2.75, 3.05) is 20.1 Å². The summed E-state index contributed by atoms with van der Waals surface area (Å²) < 4.78 is 6.51. The molecule has 122 valence electrons. The van der Waals surface area contributed by atoms with Gasteiger partial charge in [0, 0.05) is 18.6 Å². The summed E-state index contributed by atoms with van der Waals surface area (Å²) in [6.45, 7) is 4.26. The van der Waals surface area contributed by atoms with Gasteiger partial charge in [-0.3, -0.25) is 4.90 Å². The van der Waals surface area contributed by atoms with Gasteiger partial charge in [0.15, 0.2) is 0 Å². The molecule has 1 spiro atoms. The Morgan fingerprint density at radius 3 is 2.52 bits per heavy atom. The number of nitrogens with zero attached hydrogens (tertiary/aromatic N) is 1. The van der Waals surface area contributed by atoms with Gasteiger partial charge in [0.2, 0.25) is 0 Å². The van der Waals surface area contributed by atoms with Crippen LogP contribution in [0.25, 0.3) is 0 Å². The average molecular weight is 294 g/mol.